The van der Waals surface area contributed by atoms with E-state index in [-0.39, 0.29) is 12.0 Å². The molecule has 0 aromatic heterocycles. The van der Waals surface area contributed by atoms with Gasteiger partial charge < -0.3 is 20.7 Å². The van der Waals surface area contributed by atoms with Crippen LogP contribution in [0.15, 0.2) is 23.2 Å². The second-order valence-corrected chi connectivity index (χ2v) is 7.06. The number of carbonyl (C=O) groups is 1. The molecule has 1 aromatic rings. The van der Waals surface area contributed by atoms with E-state index in [9.17, 15) is 4.79 Å². The van der Waals surface area contributed by atoms with Crippen molar-refractivity contribution in [3.63, 3.8) is 0 Å². The van der Waals surface area contributed by atoms with Gasteiger partial charge in [0.2, 0.25) is 0 Å². The largest absolute Gasteiger partial charge is 0.373 e. The van der Waals surface area contributed by atoms with Crippen LogP contribution in [0.4, 0.5) is 0 Å². The fraction of sp³-hybridized carbons (Fsp3) is 0.529. The van der Waals surface area contributed by atoms with E-state index in [1.54, 1.807) is 25.2 Å². The van der Waals surface area contributed by atoms with Gasteiger partial charge in [0.15, 0.2) is 5.96 Å². The predicted molar refractivity (Wildman–Crippen MR) is 99.6 cm³/mol. The zero-order valence-corrected chi connectivity index (χ0v) is 15.5. The molecule has 0 spiro atoms. The number of benzene rings is 1. The Morgan fingerprint density at radius 3 is 2.68 bits per heavy atom. The molecule has 25 heavy (non-hydrogen) atoms. The van der Waals surface area contributed by atoms with Crippen LogP contribution in [-0.2, 0) is 4.74 Å². The molecule has 3 unspecified atom stereocenters. The number of ether oxygens (including phenoxy) is 1. The van der Waals surface area contributed by atoms with Crippen LogP contribution in [0, 0.1) is 0 Å². The van der Waals surface area contributed by atoms with Crippen LogP contribution in [0.25, 0.3) is 0 Å². The Kier molecular flexibility index (Phi) is 6.04. The number of nitrogens with one attached hydrogen (secondary N) is 3. The van der Waals surface area contributed by atoms with Gasteiger partial charge in [0.1, 0.15) is 0 Å². The van der Waals surface area contributed by atoms with E-state index in [4.69, 9.17) is 27.9 Å². The maximum Gasteiger partial charge on any atom is 0.251 e. The number of amides is 1. The van der Waals surface area contributed by atoms with Crippen molar-refractivity contribution in [1.82, 2.24) is 16.0 Å². The van der Waals surface area contributed by atoms with Gasteiger partial charge in [-0.2, -0.15) is 0 Å². The van der Waals surface area contributed by atoms with Crippen LogP contribution in [0.1, 0.15) is 29.6 Å². The summed E-state index contributed by atoms with van der Waals surface area (Å²) in [5.41, 5.74) is 0.482. The molecule has 2 saturated heterocycles. The van der Waals surface area contributed by atoms with E-state index >= 15 is 0 Å². The highest BCUT2D eigenvalue weighted by molar-refractivity contribution is 6.42. The minimum absolute atomic E-state index is 0.190. The summed E-state index contributed by atoms with van der Waals surface area (Å²) >= 11 is 11.8. The third kappa shape index (κ3) is 4.57. The molecule has 2 bridgehead atoms. The normalized spacial score (nSPS) is 25.1. The highest BCUT2D eigenvalue weighted by atomic mass is 35.5. The van der Waals surface area contributed by atoms with E-state index in [1.807, 2.05) is 0 Å². The van der Waals surface area contributed by atoms with Crippen LogP contribution < -0.4 is 16.0 Å². The summed E-state index contributed by atoms with van der Waals surface area (Å²) < 4.78 is 5.83. The lowest BCUT2D eigenvalue weighted by Gasteiger charge is -2.22. The van der Waals surface area contributed by atoms with Crippen LogP contribution >= 0.6 is 23.2 Å². The predicted octanol–water partition coefficient (Wildman–Crippen LogP) is 2.21. The first-order chi connectivity index (χ1) is 12.1. The van der Waals surface area contributed by atoms with Crippen molar-refractivity contribution < 1.29 is 9.53 Å². The van der Waals surface area contributed by atoms with Gasteiger partial charge in [-0.15, -0.1) is 0 Å². The highest BCUT2D eigenvalue weighted by Gasteiger charge is 2.41. The molecule has 0 saturated carbocycles. The third-order valence-electron chi connectivity index (χ3n) is 4.54. The van der Waals surface area contributed by atoms with Crippen molar-refractivity contribution in [2.75, 3.05) is 20.1 Å². The number of fused-ring (bicyclic) bond motifs is 2. The maximum absolute atomic E-state index is 12.1. The fourth-order valence-corrected chi connectivity index (χ4v) is 3.55. The summed E-state index contributed by atoms with van der Waals surface area (Å²) in [4.78, 5) is 16.3. The molecule has 2 aliphatic rings. The lowest BCUT2D eigenvalue weighted by Crippen LogP contribution is -2.48. The summed E-state index contributed by atoms with van der Waals surface area (Å²) in [6.45, 7) is 1.03. The van der Waals surface area contributed by atoms with Gasteiger partial charge >= 0.3 is 0 Å². The Bertz CT molecular complexity index is 668. The Labute approximate surface area is 157 Å². The molecule has 0 radical (unpaired) electrons. The van der Waals surface area contributed by atoms with Crippen molar-refractivity contribution in [3.8, 4) is 0 Å². The number of halogens is 2. The van der Waals surface area contributed by atoms with Gasteiger partial charge in [-0.3, -0.25) is 9.79 Å². The standard InChI is InChI=1S/C17H22Cl2N4O2/c1-20-17(23-14-9-11-3-5-15(14)25-11)22-7-6-21-16(24)10-2-4-12(18)13(19)8-10/h2,4,8,11,14-15H,3,5-7,9H2,1H3,(H,21,24)(H2,20,22,23). The van der Waals surface area contributed by atoms with Gasteiger partial charge in [-0.1, -0.05) is 23.2 Å². The number of hydrogen-bond acceptors (Lipinski definition) is 3. The van der Waals surface area contributed by atoms with E-state index in [0.717, 1.165) is 25.2 Å². The Balaban J connectivity index is 1.39. The molecular weight excluding hydrogens is 363 g/mol. The minimum atomic E-state index is -0.190. The second kappa shape index (κ2) is 8.25. The molecule has 2 fully saturated rings. The van der Waals surface area contributed by atoms with E-state index in [2.05, 4.69) is 20.9 Å². The molecule has 2 aliphatic heterocycles. The molecule has 6 nitrogen and oxygen atoms in total. The van der Waals surface area contributed by atoms with Crippen LogP contribution in [-0.4, -0.2) is 50.3 Å². The number of carbonyl (C=O) groups excluding carboxylic acids is 1. The summed E-state index contributed by atoms with van der Waals surface area (Å²) in [5, 5.41) is 10.2. The van der Waals surface area contributed by atoms with Gasteiger partial charge in [-0.05, 0) is 37.5 Å². The molecule has 8 heteroatoms. The molecule has 3 N–H and O–H groups in total. The lowest BCUT2D eigenvalue weighted by atomic mass is 9.96. The van der Waals surface area contributed by atoms with E-state index in [1.165, 1.54) is 0 Å². The molecule has 136 valence electrons. The molecular formula is C17H22Cl2N4O2. The van der Waals surface area contributed by atoms with E-state index < -0.39 is 0 Å². The first-order valence-electron chi connectivity index (χ1n) is 8.42. The van der Waals surface area contributed by atoms with Crippen LogP contribution in [0.2, 0.25) is 10.0 Å². The molecule has 2 heterocycles. The number of guanidine groups is 1. The topological polar surface area (TPSA) is 74.8 Å². The lowest BCUT2D eigenvalue weighted by molar-refractivity contribution is 0.0954. The first-order valence-corrected chi connectivity index (χ1v) is 9.18. The Hall–Kier alpha value is -1.50. The number of hydrogen-bond donors (Lipinski definition) is 3. The fourth-order valence-electron chi connectivity index (χ4n) is 3.26. The molecule has 1 amide bonds. The van der Waals surface area contributed by atoms with Crippen molar-refractivity contribution in [2.24, 2.45) is 4.99 Å². The molecule has 0 aliphatic carbocycles. The summed E-state index contributed by atoms with van der Waals surface area (Å²) in [6, 6.07) is 5.13. The number of nitrogens with zero attached hydrogens (tertiary/aromatic N) is 1. The Morgan fingerprint density at radius 2 is 2.04 bits per heavy atom. The quantitative estimate of drug-likeness (QED) is 0.413. The van der Waals surface area contributed by atoms with Crippen LogP contribution in [0.3, 0.4) is 0 Å². The van der Waals surface area contributed by atoms with Crippen molar-refractivity contribution in [1.29, 1.82) is 0 Å². The average Bonchev–Trinajstić information content (AvgIpc) is 3.22. The highest BCUT2D eigenvalue weighted by Crippen LogP contribution is 2.34. The zero-order valence-electron chi connectivity index (χ0n) is 14.0. The summed E-state index contributed by atoms with van der Waals surface area (Å²) in [5.74, 6) is 0.537. The smallest absolute Gasteiger partial charge is 0.251 e. The van der Waals surface area contributed by atoms with Crippen molar-refractivity contribution in [2.45, 2.75) is 37.5 Å². The zero-order chi connectivity index (χ0) is 17.8. The summed E-state index contributed by atoms with van der Waals surface area (Å²) in [6.07, 6.45) is 3.98. The van der Waals surface area contributed by atoms with Crippen molar-refractivity contribution >= 4 is 35.1 Å². The molecule has 3 atom stereocenters. The van der Waals surface area contributed by atoms with Gasteiger partial charge in [0.25, 0.3) is 5.91 Å². The number of rotatable bonds is 5. The monoisotopic (exact) mass is 384 g/mol. The van der Waals surface area contributed by atoms with Crippen molar-refractivity contribution in [3.05, 3.63) is 33.8 Å². The average molecular weight is 385 g/mol. The number of aliphatic imine (C=N–C) groups is 1. The van der Waals surface area contributed by atoms with E-state index in [0.29, 0.717) is 40.8 Å². The first kappa shape index (κ1) is 18.3. The SMILES string of the molecule is CN=C(NCCNC(=O)c1ccc(Cl)c(Cl)c1)NC1CC2CCC1O2. The molecule has 3 rings (SSSR count). The second-order valence-electron chi connectivity index (χ2n) is 6.24. The van der Waals surface area contributed by atoms with Crippen LogP contribution in [0.5, 0.6) is 0 Å². The van der Waals surface area contributed by atoms with Gasteiger partial charge in [0, 0.05) is 25.7 Å². The minimum Gasteiger partial charge on any atom is -0.373 e. The summed E-state index contributed by atoms with van der Waals surface area (Å²) in [7, 11) is 1.73. The third-order valence-corrected chi connectivity index (χ3v) is 5.28. The Morgan fingerprint density at radius 1 is 1.24 bits per heavy atom. The van der Waals surface area contributed by atoms with Gasteiger partial charge in [-0.25, -0.2) is 0 Å². The maximum atomic E-state index is 12.1. The molecule has 1 aromatic carbocycles. The van der Waals surface area contributed by atoms with Gasteiger partial charge in [0.05, 0.1) is 28.3 Å².